The fourth-order valence-electron chi connectivity index (χ4n) is 2.15. The van der Waals surface area contributed by atoms with E-state index < -0.39 is 10.0 Å². The van der Waals surface area contributed by atoms with Gasteiger partial charge in [0.2, 0.25) is 5.91 Å². The van der Waals surface area contributed by atoms with Gasteiger partial charge in [0, 0.05) is 32.6 Å². The minimum atomic E-state index is -3.50. The molecular formula is C12H18ClN3O3S2. The van der Waals surface area contributed by atoms with Crippen LogP contribution < -0.4 is 5.73 Å². The average molecular weight is 352 g/mol. The SMILES string of the molecule is NCCCC(=O)N1CCN(S(=O)(=O)c2ccc(Cl)s2)CC1. The van der Waals surface area contributed by atoms with Gasteiger partial charge in [0.25, 0.3) is 10.0 Å². The van der Waals surface area contributed by atoms with Crippen LogP contribution in [-0.4, -0.2) is 56.3 Å². The van der Waals surface area contributed by atoms with Crippen LogP contribution in [0.1, 0.15) is 12.8 Å². The van der Waals surface area contributed by atoms with E-state index in [2.05, 4.69) is 0 Å². The number of carbonyl (C=O) groups is 1. The van der Waals surface area contributed by atoms with Crippen LogP contribution in [0.4, 0.5) is 0 Å². The number of nitrogens with zero attached hydrogens (tertiary/aromatic N) is 2. The summed E-state index contributed by atoms with van der Waals surface area (Å²) in [4.78, 5) is 13.6. The van der Waals surface area contributed by atoms with Gasteiger partial charge in [-0.2, -0.15) is 4.31 Å². The molecule has 2 heterocycles. The predicted octanol–water partition coefficient (Wildman–Crippen LogP) is 0.973. The number of carbonyl (C=O) groups excluding carboxylic acids is 1. The zero-order valence-electron chi connectivity index (χ0n) is 11.5. The summed E-state index contributed by atoms with van der Waals surface area (Å²) in [5.74, 6) is 0.0386. The zero-order chi connectivity index (χ0) is 15.5. The van der Waals surface area contributed by atoms with Gasteiger partial charge >= 0.3 is 0 Å². The van der Waals surface area contributed by atoms with Crippen LogP contribution in [-0.2, 0) is 14.8 Å². The summed E-state index contributed by atoms with van der Waals surface area (Å²) in [6.07, 6.45) is 1.08. The Morgan fingerprint density at radius 2 is 1.95 bits per heavy atom. The first-order valence-electron chi connectivity index (χ1n) is 6.68. The molecule has 1 saturated heterocycles. The number of amides is 1. The number of nitrogens with two attached hydrogens (primary N) is 1. The van der Waals surface area contributed by atoms with Crippen molar-refractivity contribution in [1.82, 2.24) is 9.21 Å². The Labute approximate surface area is 133 Å². The molecule has 0 spiro atoms. The third-order valence-corrected chi connectivity index (χ3v) is 6.93. The van der Waals surface area contributed by atoms with E-state index in [9.17, 15) is 13.2 Å². The van der Waals surface area contributed by atoms with E-state index in [-0.39, 0.29) is 10.1 Å². The number of piperazine rings is 1. The van der Waals surface area contributed by atoms with Gasteiger partial charge in [-0.05, 0) is 25.1 Å². The molecule has 6 nitrogen and oxygen atoms in total. The number of thiophene rings is 1. The van der Waals surface area contributed by atoms with Crippen LogP contribution in [0.2, 0.25) is 4.34 Å². The lowest BCUT2D eigenvalue weighted by Gasteiger charge is -2.33. The van der Waals surface area contributed by atoms with E-state index >= 15 is 0 Å². The first-order chi connectivity index (χ1) is 9.95. The molecule has 1 aromatic heterocycles. The topological polar surface area (TPSA) is 83.7 Å². The van der Waals surface area contributed by atoms with Crippen LogP contribution in [0.15, 0.2) is 16.3 Å². The lowest BCUT2D eigenvalue weighted by Crippen LogP contribution is -2.50. The standard InChI is InChI=1S/C12H18ClN3O3S2/c13-10-3-4-12(20-10)21(18,19)16-8-6-15(7-9-16)11(17)2-1-5-14/h3-4H,1-2,5-9,14H2. The van der Waals surface area contributed by atoms with Crippen molar-refractivity contribution in [3.05, 3.63) is 16.5 Å². The van der Waals surface area contributed by atoms with E-state index in [1.54, 1.807) is 11.0 Å². The highest BCUT2D eigenvalue weighted by Crippen LogP contribution is 2.28. The fourth-order valence-corrected chi connectivity index (χ4v) is 5.21. The van der Waals surface area contributed by atoms with E-state index in [4.69, 9.17) is 17.3 Å². The fraction of sp³-hybridized carbons (Fsp3) is 0.583. The molecule has 0 bridgehead atoms. The van der Waals surface area contributed by atoms with Gasteiger partial charge in [-0.3, -0.25) is 4.79 Å². The highest BCUT2D eigenvalue weighted by Gasteiger charge is 2.30. The average Bonchev–Trinajstić information content (AvgIpc) is 2.92. The van der Waals surface area contributed by atoms with Crippen molar-refractivity contribution in [2.45, 2.75) is 17.1 Å². The summed E-state index contributed by atoms with van der Waals surface area (Å²) < 4.78 is 26.9. The summed E-state index contributed by atoms with van der Waals surface area (Å²) >= 11 is 6.84. The van der Waals surface area contributed by atoms with Gasteiger partial charge in [-0.25, -0.2) is 8.42 Å². The number of halogens is 1. The number of rotatable bonds is 5. The van der Waals surface area contributed by atoms with Crippen LogP contribution >= 0.6 is 22.9 Å². The monoisotopic (exact) mass is 351 g/mol. The molecule has 21 heavy (non-hydrogen) atoms. The Hall–Kier alpha value is -0.670. The molecule has 0 saturated carbocycles. The molecule has 2 N–H and O–H groups in total. The third kappa shape index (κ3) is 3.95. The summed E-state index contributed by atoms with van der Waals surface area (Å²) in [6, 6.07) is 3.09. The van der Waals surface area contributed by atoms with Crippen molar-refractivity contribution in [2.24, 2.45) is 5.73 Å². The molecule has 0 aromatic carbocycles. The molecule has 2 rings (SSSR count). The van der Waals surface area contributed by atoms with E-state index in [0.29, 0.717) is 49.9 Å². The molecular weight excluding hydrogens is 334 g/mol. The maximum atomic E-state index is 12.4. The maximum absolute atomic E-state index is 12.4. The summed E-state index contributed by atoms with van der Waals surface area (Å²) in [5, 5.41) is 0. The highest BCUT2D eigenvalue weighted by atomic mass is 35.5. The number of sulfonamides is 1. The van der Waals surface area contributed by atoms with Crippen LogP contribution in [0.5, 0.6) is 0 Å². The smallest absolute Gasteiger partial charge is 0.252 e. The molecule has 9 heteroatoms. The van der Waals surface area contributed by atoms with E-state index in [0.717, 1.165) is 11.3 Å². The lowest BCUT2D eigenvalue weighted by atomic mass is 10.2. The van der Waals surface area contributed by atoms with Crippen LogP contribution in [0.25, 0.3) is 0 Å². The summed E-state index contributed by atoms with van der Waals surface area (Å²) in [6.45, 7) is 1.95. The summed E-state index contributed by atoms with van der Waals surface area (Å²) in [5.41, 5.74) is 5.38. The Balaban J connectivity index is 1.96. The third-order valence-electron chi connectivity index (χ3n) is 3.33. The molecule has 0 radical (unpaired) electrons. The largest absolute Gasteiger partial charge is 0.340 e. The quantitative estimate of drug-likeness (QED) is 0.856. The number of hydrogen-bond donors (Lipinski definition) is 1. The predicted molar refractivity (Wildman–Crippen MR) is 83.0 cm³/mol. The van der Waals surface area contributed by atoms with Crippen molar-refractivity contribution >= 4 is 38.9 Å². The first kappa shape index (κ1) is 16.7. The Morgan fingerprint density at radius 3 is 2.48 bits per heavy atom. The van der Waals surface area contributed by atoms with Crippen LogP contribution in [0.3, 0.4) is 0 Å². The molecule has 0 atom stereocenters. The Morgan fingerprint density at radius 1 is 1.29 bits per heavy atom. The maximum Gasteiger partial charge on any atom is 0.252 e. The highest BCUT2D eigenvalue weighted by molar-refractivity contribution is 7.91. The first-order valence-corrected chi connectivity index (χ1v) is 9.32. The molecule has 1 amide bonds. The van der Waals surface area contributed by atoms with Gasteiger partial charge < -0.3 is 10.6 Å². The van der Waals surface area contributed by atoms with Gasteiger partial charge in [0.15, 0.2) is 0 Å². The molecule has 0 unspecified atom stereocenters. The zero-order valence-corrected chi connectivity index (χ0v) is 13.9. The Bertz CT molecular complexity index is 595. The minimum absolute atomic E-state index is 0.0386. The van der Waals surface area contributed by atoms with E-state index in [1.165, 1.54) is 10.4 Å². The second kappa shape index (κ2) is 7.06. The van der Waals surface area contributed by atoms with Gasteiger partial charge in [0.1, 0.15) is 4.21 Å². The molecule has 1 aliphatic rings. The molecule has 1 fully saturated rings. The van der Waals surface area contributed by atoms with Crippen molar-refractivity contribution < 1.29 is 13.2 Å². The van der Waals surface area contributed by atoms with Crippen molar-refractivity contribution in [3.63, 3.8) is 0 Å². The summed E-state index contributed by atoms with van der Waals surface area (Å²) in [7, 11) is -3.50. The molecule has 1 aliphatic heterocycles. The molecule has 0 aliphatic carbocycles. The minimum Gasteiger partial charge on any atom is -0.340 e. The second-order valence-corrected chi connectivity index (χ2v) is 8.62. The van der Waals surface area contributed by atoms with Crippen molar-refractivity contribution in [2.75, 3.05) is 32.7 Å². The molecule has 118 valence electrons. The van der Waals surface area contributed by atoms with Crippen LogP contribution in [0, 0.1) is 0 Å². The van der Waals surface area contributed by atoms with Crippen molar-refractivity contribution in [1.29, 1.82) is 0 Å². The lowest BCUT2D eigenvalue weighted by molar-refractivity contribution is -0.132. The van der Waals surface area contributed by atoms with Gasteiger partial charge in [-0.1, -0.05) is 11.6 Å². The van der Waals surface area contributed by atoms with Gasteiger partial charge in [-0.15, -0.1) is 11.3 Å². The van der Waals surface area contributed by atoms with E-state index in [1.807, 2.05) is 0 Å². The second-order valence-electron chi connectivity index (χ2n) is 4.74. The number of hydrogen-bond acceptors (Lipinski definition) is 5. The van der Waals surface area contributed by atoms with Crippen molar-refractivity contribution in [3.8, 4) is 0 Å². The molecule has 1 aromatic rings. The normalized spacial score (nSPS) is 17.1. The Kier molecular flexibility index (Phi) is 5.61. The van der Waals surface area contributed by atoms with Gasteiger partial charge in [0.05, 0.1) is 4.34 Å².